The molecule has 4 nitrogen and oxygen atoms in total. The van der Waals surface area contributed by atoms with Crippen LogP contribution in [0, 0.1) is 0 Å². The first-order chi connectivity index (χ1) is 5.55. The van der Waals surface area contributed by atoms with Crippen LogP contribution in [0.15, 0.2) is 0 Å². The zero-order valence-corrected chi connectivity index (χ0v) is 7.05. The molecule has 13 heavy (non-hydrogen) atoms. The fourth-order valence-electron chi connectivity index (χ4n) is 0.728. The number of amides is 1. The van der Waals surface area contributed by atoms with Crippen LogP contribution in [0.1, 0.15) is 13.8 Å². The highest BCUT2D eigenvalue weighted by molar-refractivity contribution is 5.65. The van der Waals surface area contributed by atoms with Crippen molar-refractivity contribution in [3.63, 3.8) is 0 Å². The van der Waals surface area contributed by atoms with Gasteiger partial charge in [-0.3, -0.25) is 0 Å². The lowest BCUT2D eigenvalue weighted by Gasteiger charge is -2.29. The number of halogens is 3. The molecule has 0 saturated carbocycles. The molecule has 3 N–H and O–H groups in total. The number of primary amides is 1. The van der Waals surface area contributed by atoms with E-state index in [0.717, 1.165) is 13.8 Å². The van der Waals surface area contributed by atoms with Crippen molar-refractivity contribution in [1.82, 2.24) is 0 Å². The molecule has 0 saturated heterocycles. The van der Waals surface area contributed by atoms with Gasteiger partial charge in [-0.25, -0.2) is 4.79 Å². The van der Waals surface area contributed by atoms with Crippen LogP contribution in [0.4, 0.5) is 18.0 Å². The van der Waals surface area contributed by atoms with E-state index < -0.39 is 24.0 Å². The Morgan fingerprint density at radius 2 is 1.85 bits per heavy atom. The SMILES string of the molecule is CC(C)(O)C(OC(N)=O)C(F)(F)F. The van der Waals surface area contributed by atoms with E-state index in [9.17, 15) is 18.0 Å². The minimum absolute atomic E-state index is 0.869. The predicted molar refractivity (Wildman–Crippen MR) is 36.8 cm³/mol. The Balaban J connectivity index is 4.68. The van der Waals surface area contributed by atoms with Crippen molar-refractivity contribution in [2.24, 2.45) is 5.73 Å². The molecule has 0 aliphatic carbocycles. The highest BCUT2D eigenvalue weighted by atomic mass is 19.4. The number of carbonyl (C=O) groups is 1. The maximum absolute atomic E-state index is 12.1. The Morgan fingerprint density at radius 1 is 1.46 bits per heavy atom. The van der Waals surface area contributed by atoms with Gasteiger partial charge in [0.25, 0.3) is 0 Å². The van der Waals surface area contributed by atoms with Gasteiger partial charge in [0.1, 0.15) is 5.60 Å². The van der Waals surface area contributed by atoms with Gasteiger partial charge in [0.15, 0.2) is 0 Å². The van der Waals surface area contributed by atoms with Crippen molar-refractivity contribution < 1.29 is 27.8 Å². The largest absolute Gasteiger partial charge is 0.434 e. The van der Waals surface area contributed by atoms with Crippen molar-refractivity contribution in [3.8, 4) is 0 Å². The Labute approximate surface area is 72.5 Å². The van der Waals surface area contributed by atoms with Gasteiger partial charge in [-0.15, -0.1) is 0 Å². The van der Waals surface area contributed by atoms with E-state index in [0.29, 0.717) is 0 Å². The average molecular weight is 201 g/mol. The van der Waals surface area contributed by atoms with Gasteiger partial charge in [-0.05, 0) is 13.8 Å². The standard InChI is InChI=1S/C6H10F3NO3/c1-5(2,12)3(6(7,8)9)13-4(10)11/h3,12H,1-2H3,(H2,10,11). The molecule has 0 fully saturated rings. The molecule has 0 spiro atoms. The lowest BCUT2D eigenvalue weighted by atomic mass is 10.0. The molecule has 0 aliphatic rings. The number of alkyl halides is 3. The van der Waals surface area contributed by atoms with Crippen molar-refractivity contribution in [3.05, 3.63) is 0 Å². The molecule has 7 heteroatoms. The van der Waals surface area contributed by atoms with Crippen LogP contribution in [0.3, 0.4) is 0 Å². The quantitative estimate of drug-likeness (QED) is 0.693. The van der Waals surface area contributed by atoms with Crippen LogP contribution < -0.4 is 5.73 Å². The molecule has 1 unspecified atom stereocenters. The molecule has 1 atom stereocenters. The van der Waals surface area contributed by atoms with Crippen LogP contribution in [0.25, 0.3) is 0 Å². The fraction of sp³-hybridized carbons (Fsp3) is 0.833. The number of rotatable bonds is 2. The van der Waals surface area contributed by atoms with Gasteiger partial charge in [-0.2, -0.15) is 13.2 Å². The molecule has 78 valence electrons. The molecule has 0 aromatic rings. The number of nitrogens with two attached hydrogens (primary N) is 1. The summed E-state index contributed by atoms with van der Waals surface area (Å²) in [6.45, 7) is 1.74. The van der Waals surface area contributed by atoms with E-state index >= 15 is 0 Å². The maximum Gasteiger partial charge on any atom is 0.428 e. The maximum atomic E-state index is 12.1. The minimum atomic E-state index is -4.84. The van der Waals surface area contributed by atoms with E-state index in [1.807, 2.05) is 0 Å². The van der Waals surface area contributed by atoms with E-state index in [1.165, 1.54) is 0 Å². The molecule has 0 heterocycles. The monoisotopic (exact) mass is 201 g/mol. The van der Waals surface area contributed by atoms with Gasteiger partial charge in [0.05, 0.1) is 0 Å². The minimum Gasteiger partial charge on any atom is -0.434 e. The van der Waals surface area contributed by atoms with Crippen LogP contribution in [-0.2, 0) is 4.74 Å². The van der Waals surface area contributed by atoms with Crippen molar-refractivity contribution in [2.75, 3.05) is 0 Å². The molecule has 0 aromatic heterocycles. The fourth-order valence-corrected chi connectivity index (χ4v) is 0.728. The summed E-state index contributed by atoms with van der Waals surface area (Å²) in [5.41, 5.74) is 2.20. The van der Waals surface area contributed by atoms with Crippen molar-refractivity contribution in [1.29, 1.82) is 0 Å². The van der Waals surface area contributed by atoms with E-state index in [4.69, 9.17) is 5.11 Å². The van der Waals surface area contributed by atoms with Crippen LogP contribution in [-0.4, -0.2) is 29.1 Å². The lowest BCUT2D eigenvalue weighted by molar-refractivity contribution is -0.247. The topological polar surface area (TPSA) is 72.6 Å². The van der Waals surface area contributed by atoms with Gasteiger partial charge in [0.2, 0.25) is 6.10 Å². The first kappa shape index (κ1) is 12.0. The van der Waals surface area contributed by atoms with Crippen LogP contribution in [0.5, 0.6) is 0 Å². The number of hydrogen-bond acceptors (Lipinski definition) is 3. The molecule has 0 bridgehead atoms. The van der Waals surface area contributed by atoms with Crippen LogP contribution in [0.2, 0.25) is 0 Å². The highest BCUT2D eigenvalue weighted by Gasteiger charge is 2.51. The zero-order chi connectivity index (χ0) is 10.9. The van der Waals surface area contributed by atoms with E-state index in [2.05, 4.69) is 10.5 Å². The third kappa shape index (κ3) is 3.97. The summed E-state index contributed by atoms with van der Waals surface area (Å²) in [6.07, 6.45) is -9.03. The number of ether oxygens (including phenoxy) is 1. The summed E-state index contributed by atoms with van der Waals surface area (Å²) >= 11 is 0. The molecular formula is C6H10F3NO3. The van der Waals surface area contributed by atoms with Gasteiger partial charge in [-0.1, -0.05) is 0 Å². The Morgan fingerprint density at radius 3 is 1.92 bits per heavy atom. The summed E-state index contributed by atoms with van der Waals surface area (Å²) in [5, 5.41) is 9.01. The van der Waals surface area contributed by atoms with E-state index in [-0.39, 0.29) is 0 Å². The van der Waals surface area contributed by atoms with Crippen molar-refractivity contribution in [2.45, 2.75) is 31.7 Å². The van der Waals surface area contributed by atoms with Crippen LogP contribution >= 0.6 is 0 Å². The number of hydrogen-bond donors (Lipinski definition) is 2. The second-order valence-corrected chi connectivity index (χ2v) is 3.01. The Bertz CT molecular complexity index is 182. The second-order valence-electron chi connectivity index (χ2n) is 3.01. The van der Waals surface area contributed by atoms with Crippen molar-refractivity contribution >= 4 is 6.09 Å². The normalized spacial score (nSPS) is 15.2. The average Bonchev–Trinajstić information content (AvgIpc) is 1.77. The Hall–Kier alpha value is -0.980. The highest BCUT2D eigenvalue weighted by Crippen LogP contribution is 2.30. The molecule has 0 aliphatic heterocycles. The van der Waals surface area contributed by atoms with Gasteiger partial charge in [0, 0.05) is 0 Å². The summed E-state index contributed by atoms with van der Waals surface area (Å²) in [7, 11) is 0. The first-order valence-electron chi connectivity index (χ1n) is 3.30. The smallest absolute Gasteiger partial charge is 0.428 e. The zero-order valence-electron chi connectivity index (χ0n) is 7.05. The molecule has 0 rings (SSSR count). The summed E-state index contributed by atoms with van der Waals surface area (Å²) in [6, 6.07) is 0. The number of aliphatic hydroxyl groups is 1. The molecule has 0 radical (unpaired) electrons. The first-order valence-corrected chi connectivity index (χ1v) is 3.30. The predicted octanol–water partition coefficient (Wildman–Crippen LogP) is 0.784. The lowest BCUT2D eigenvalue weighted by Crippen LogP contribution is -2.50. The summed E-state index contributed by atoms with van der Waals surface area (Å²) in [5.74, 6) is 0. The van der Waals surface area contributed by atoms with Gasteiger partial charge >= 0.3 is 12.3 Å². The Kier molecular flexibility index (Phi) is 3.15. The van der Waals surface area contributed by atoms with E-state index in [1.54, 1.807) is 0 Å². The summed E-state index contributed by atoms with van der Waals surface area (Å²) < 4.78 is 40.0. The third-order valence-electron chi connectivity index (χ3n) is 1.17. The molecule has 0 aromatic carbocycles. The molecular weight excluding hydrogens is 191 g/mol. The molecule has 1 amide bonds. The van der Waals surface area contributed by atoms with Gasteiger partial charge < -0.3 is 15.6 Å². The third-order valence-corrected chi connectivity index (χ3v) is 1.17. The summed E-state index contributed by atoms with van der Waals surface area (Å²) in [4.78, 5) is 10.1. The number of carbonyl (C=O) groups excluding carboxylic acids is 1. The second kappa shape index (κ2) is 3.41.